The molecule has 0 bridgehead atoms. The minimum atomic E-state index is -0.804. The normalized spacial score (nSPS) is 13.0. The van der Waals surface area contributed by atoms with Gasteiger partial charge >= 0.3 is 6.09 Å². The molecule has 1 aromatic heterocycles. The minimum absolute atomic E-state index is 0.104. The smallest absolute Gasteiger partial charge is 0.411 e. The van der Waals surface area contributed by atoms with Gasteiger partial charge in [0.15, 0.2) is 0 Å². The molecule has 1 aliphatic heterocycles. The van der Waals surface area contributed by atoms with Crippen molar-refractivity contribution in [2.45, 2.75) is 13.1 Å². The number of carbonyl (C=O) groups excluding carboxylic acids is 2. The van der Waals surface area contributed by atoms with E-state index < -0.39 is 11.9 Å². The number of hydrogen-bond acceptors (Lipinski definition) is 4. The predicted molar refractivity (Wildman–Crippen MR) is 105 cm³/mol. The lowest BCUT2D eigenvalue weighted by Crippen LogP contribution is -2.38. The summed E-state index contributed by atoms with van der Waals surface area (Å²) in [7, 11) is 1.18. The molecule has 2 aromatic carbocycles. The van der Waals surface area contributed by atoms with Gasteiger partial charge in [-0.3, -0.25) is 10.1 Å². The fraction of sp³-hybridized carbons (Fsp3) is 0.190. The highest BCUT2D eigenvalue weighted by molar-refractivity contribution is 5.96. The quantitative estimate of drug-likeness (QED) is 0.737. The molecule has 148 valence electrons. The van der Waals surface area contributed by atoms with E-state index in [1.54, 1.807) is 4.90 Å². The molecular weight excluding hydrogens is 375 g/mol. The second-order valence-corrected chi connectivity index (χ2v) is 6.62. The Labute approximate surface area is 166 Å². The third-order valence-corrected chi connectivity index (χ3v) is 4.86. The third kappa shape index (κ3) is 3.69. The molecule has 1 aliphatic rings. The number of hydrogen-bond donors (Lipinski definition) is 1. The summed E-state index contributed by atoms with van der Waals surface area (Å²) < 4.78 is 20.5. The first-order valence-corrected chi connectivity index (χ1v) is 9.10. The van der Waals surface area contributed by atoms with Crippen LogP contribution in [0.2, 0.25) is 0 Å². The van der Waals surface area contributed by atoms with Crippen LogP contribution < -0.4 is 5.32 Å². The van der Waals surface area contributed by atoms with Crippen LogP contribution in [0.25, 0.3) is 11.3 Å². The maximum atomic E-state index is 13.9. The Kier molecular flexibility index (Phi) is 4.99. The highest BCUT2D eigenvalue weighted by Crippen LogP contribution is 2.25. The summed E-state index contributed by atoms with van der Waals surface area (Å²) >= 11 is 0. The Bertz CT molecular complexity index is 1070. The lowest BCUT2D eigenvalue weighted by atomic mass is 10.1. The lowest BCUT2D eigenvalue weighted by Gasteiger charge is -2.29. The average molecular weight is 394 g/mol. The summed E-state index contributed by atoms with van der Waals surface area (Å²) in [6, 6.07) is 13.8. The maximum Gasteiger partial charge on any atom is 0.411 e. The number of carbonyl (C=O) groups is 2. The van der Waals surface area contributed by atoms with Gasteiger partial charge < -0.3 is 14.2 Å². The monoisotopic (exact) mass is 394 g/mol. The first-order valence-electron chi connectivity index (χ1n) is 9.10. The first kappa shape index (κ1) is 18.7. The van der Waals surface area contributed by atoms with Crippen molar-refractivity contribution in [3.05, 3.63) is 71.9 Å². The van der Waals surface area contributed by atoms with Crippen molar-refractivity contribution >= 4 is 17.7 Å². The van der Waals surface area contributed by atoms with Gasteiger partial charge in [-0.2, -0.15) is 0 Å². The van der Waals surface area contributed by atoms with E-state index in [1.807, 2.05) is 36.5 Å². The summed E-state index contributed by atoms with van der Waals surface area (Å²) in [5, 5.41) is 2.27. The molecule has 2 heterocycles. The van der Waals surface area contributed by atoms with Crippen molar-refractivity contribution < 1.29 is 18.7 Å². The van der Waals surface area contributed by atoms with E-state index in [9.17, 15) is 14.0 Å². The number of aromatic nitrogens is 2. The SMILES string of the molecule is COC(=O)Nc1cc(C(=O)N2CCn3c(-c4ccccc4)cnc3C2)ccc1F. The van der Waals surface area contributed by atoms with Gasteiger partial charge in [0.25, 0.3) is 5.91 Å². The second-order valence-electron chi connectivity index (χ2n) is 6.62. The zero-order valence-electron chi connectivity index (χ0n) is 15.8. The van der Waals surface area contributed by atoms with Crippen molar-refractivity contribution in [3.8, 4) is 11.3 Å². The van der Waals surface area contributed by atoms with Crippen LogP contribution in [0.15, 0.2) is 54.7 Å². The van der Waals surface area contributed by atoms with Crippen molar-refractivity contribution in [1.29, 1.82) is 0 Å². The minimum Gasteiger partial charge on any atom is -0.453 e. The highest BCUT2D eigenvalue weighted by Gasteiger charge is 2.25. The fourth-order valence-corrected chi connectivity index (χ4v) is 3.37. The summed E-state index contributed by atoms with van der Waals surface area (Å²) in [6.07, 6.45) is 1.01. The molecule has 0 fully saturated rings. The second kappa shape index (κ2) is 7.75. The number of nitrogens with one attached hydrogen (secondary N) is 1. The Balaban J connectivity index is 1.54. The molecule has 0 aliphatic carbocycles. The van der Waals surface area contributed by atoms with Crippen LogP contribution in [0.5, 0.6) is 0 Å². The van der Waals surface area contributed by atoms with Crippen LogP contribution >= 0.6 is 0 Å². The number of ether oxygens (including phenoxy) is 1. The predicted octanol–water partition coefficient (Wildman–Crippen LogP) is 3.52. The largest absolute Gasteiger partial charge is 0.453 e. The van der Waals surface area contributed by atoms with Crippen LogP contribution in [0.4, 0.5) is 14.9 Å². The van der Waals surface area contributed by atoms with E-state index in [4.69, 9.17) is 0 Å². The number of anilines is 1. The fourth-order valence-electron chi connectivity index (χ4n) is 3.37. The van der Waals surface area contributed by atoms with Gasteiger partial charge in [-0.15, -0.1) is 0 Å². The Hall–Kier alpha value is -3.68. The van der Waals surface area contributed by atoms with Gasteiger partial charge in [0.05, 0.1) is 31.2 Å². The molecule has 0 atom stereocenters. The lowest BCUT2D eigenvalue weighted by molar-refractivity contribution is 0.0708. The van der Waals surface area contributed by atoms with E-state index in [1.165, 1.54) is 19.2 Å². The number of nitrogens with zero attached hydrogens (tertiary/aromatic N) is 3. The first-order chi connectivity index (χ1) is 14.1. The molecule has 8 heteroatoms. The summed E-state index contributed by atoms with van der Waals surface area (Å²) in [4.78, 5) is 30.4. The average Bonchev–Trinajstić information content (AvgIpc) is 3.18. The van der Waals surface area contributed by atoms with Crippen molar-refractivity contribution in [3.63, 3.8) is 0 Å². The third-order valence-electron chi connectivity index (χ3n) is 4.86. The number of methoxy groups -OCH3 is 1. The number of rotatable bonds is 3. The zero-order chi connectivity index (χ0) is 20.4. The van der Waals surface area contributed by atoms with Gasteiger partial charge in [0, 0.05) is 18.7 Å². The molecule has 0 saturated heterocycles. The number of amides is 2. The molecule has 0 spiro atoms. The van der Waals surface area contributed by atoms with Crippen LogP contribution in [-0.2, 0) is 17.8 Å². The van der Waals surface area contributed by atoms with E-state index >= 15 is 0 Å². The number of halogens is 1. The molecule has 29 heavy (non-hydrogen) atoms. The summed E-state index contributed by atoms with van der Waals surface area (Å²) in [5.41, 5.74) is 2.26. The van der Waals surface area contributed by atoms with E-state index in [-0.39, 0.29) is 17.2 Å². The van der Waals surface area contributed by atoms with Crippen LogP contribution in [0.3, 0.4) is 0 Å². The molecule has 7 nitrogen and oxygen atoms in total. The van der Waals surface area contributed by atoms with Gasteiger partial charge in [0.1, 0.15) is 11.6 Å². The molecule has 4 rings (SSSR count). The maximum absolute atomic E-state index is 13.9. The van der Waals surface area contributed by atoms with Crippen molar-refractivity contribution in [1.82, 2.24) is 14.5 Å². The highest BCUT2D eigenvalue weighted by atomic mass is 19.1. The van der Waals surface area contributed by atoms with Crippen LogP contribution in [-0.4, -0.2) is 40.1 Å². The molecule has 0 radical (unpaired) electrons. The van der Waals surface area contributed by atoms with Crippen molar-refractivity contribution in [2.75, 3.05) is 19.0 Å². The van der Waals surface area contributed by atoms with Gasteiger partial charge in [-0.05, 0) is 23.8 Å². The number of benzene rings is 2. The van der Waals surface area contributed by atoms with E-state index in [0.717, 1.165) is 23.1 Å². The van der Waals surface area contributed by atoms with E-state index in [0.29, 0.717) is 19.6 Å². The summed E-state index contributed by atoms with van der Waals surface area (Å²) in [6.45, 7) is 1.46. The molecule has 0 saturated carbocycles. The van der Waals surface area contributed by atoms with Crippen LogP contribution in [0.1, 0.15) is 16.2 Å². The molecule has 2 amide bonds. The van der Waals surface area contributed by atoms with Crippen molar-refractivity contribution in [2.24, 2.45) is 0 Å². The van der Waals surface area contributed by atoms with Gasteiger partial charge in [-0.25, -0.2) is 14.2 Å². The molecule has 3 aromatic rings. The molecule has 0 unspecified atom stereocenters. The Morgan fingerprint density at radius 2 is 1.93 bits per heavy atom. The number of imidazole rings is 1. The summed E-state index contributed by atoms with van der Waals surface area (Å²) in [5.74, 6) is -0.111. The topological polar surface area (TPSA) is 76.5 Å². The number of fused-ring (bicyclic) bond motifs is 1. The zero-order valence-corrected chi connectivity index (χ0v) is 15.8. The van der Waals surface area contributed by atoms with Gasteiger partial charge in [-0.1, -0.05) is 30.3 Å². The molecule has 1 N–H and O–H groups in total. The Morgan fingerprint density at radius 1 is 1.14 bits per heavy atom. The van der Waals surface area contributed by atoms with E-state index in [2.05, 4.69) is 19.6 Å². The standard InChI is InChI=1S/C21H19FN4O3/c1-29-21(28)24-17-11-15(7-8-16(17)22)20(27)25-9-10-26-18(12-23-19(26)13-25)14-5-3-2-4-6-14/h2-8,11-12H,9-10,13H2,1H3,(H,24,28). The van der Waals surface area contributed by atoms with Gasteiger partial charge in [0.2, 0.25) is 0 Å². The van der Waals surface area contributed by atoms with Crippen LogP contribution in [0, 0.1) is 5.82 Å². The molecular formula is C21H19FN4O3. The Morgan fingerprint density at radius 3 is 2.69 bits per heavy atom.